The van der Waals surface area contributed by atoms with Gasteiger partial charge in [-0.1, -0.05) is 12.8 Å². The van der Waals surface area contributed by atoms with E-state index in [9.17, 15) is 0 Å². The molecule has 0 aliphatic heterocycles. The van der Waals surface area contributed by atoms with Crippen LogP contribution in [-0.2, 0) is 0 Å². The van der Waals surface area contributed by atoms with Gasteiger partial charge in [0.1, 0.15) is 0 Å². The van der Waals surface area contributed by atoms with Crippen molar-refractivity contribution in [3.63, 3.8) is 0 Å². The molecule has 0 aromatic rings. The van der Waals surface area contributed by atoms with Crippen LogP contribution in [0.4, 0.5) is 0 Å². The van der Waals surface area contributed by atoms with Crippen LogP contribution in [0.2, 0.25) is 0 Å². The van der Waals surface area contributed by atoms with Crippen LogP contribution in [0.1, 0.15) is 19.3 Å². The Labute approximate surface area is 49.7 Å². The zero-order valence-corrected chi connectivity index (χ0v) is 5.01. The third-order valence-corrected chi connectivity index (χ3v) is 1.57. The molecule has 0 spiro atoms. The van der Waals surface area contributed by atoms with Gasteiger partial charge in [0.05, 0.1) is 6.10 Å². The second-order valence-electron chi connectivity index (χ2n) is 2.57. The molecule has 0 radical (unpaired) electrons. The second-order valence-corrected chi connectivity index (χ2v) is 2.57. The first-order valence-electron chi connectivity index (χ1n) is 3.21. The Hall–Kier alpha value is -0.0800. The van der Waals surface area contributed by atoms with Crippen LogP contribution < -0.4 is 5.73 Å². The van der Waals surface area contributed by atoms with E-state index >= 15 is 0 Å². The summed E-state index contributed by atoms with van der Waals surface area (Å²) in [5, 5.41) is 8.94. The lowest BCUT2D eigenvalue weighted by Gasteiger charge is -2.03. The third-order valence-electron chi connectivity index (χ3n) is 1.57. The normalized spacial score (nSPS) is 23.2. The van der Waals surface area contributed by atoms with Crippen LogP contribution in [0.15, 0.2) is 0 Å². The van der Waals surface area contributed by atoms with Crippen molar-refractivity contribution >= 4 is 0 Å². The average Bonchev–Trinajstić information content (AvgIpc) is 2.50. The van der Waals surface area contributed by atoms with Gasteiger partial charge in [0.2, 0.25) is 0 Å². The molecule has 0 aromatic heterocycles. The van der Waals surface area contributed by atoms with Crippen molar-refractivity contribution in [3.05, 3.63) is 0 Å². The number of aliphatic hydroxyl groups is 1. The number of aliphatic hydroxyl groups excluding tert-OH is 1. The van der Waals surface area contributed by atoms with E-state index in [1.807, 2.05) is 0 Å². The predicted molar refractivity (Wildman–Crippen MR) is 32.4 cm³/mol. The van der Waals surface area contributed by atoms with Crippen molar-refractivity contribution in [1.82, 2.24) is 0 Å². The van der Waals surface area contributed by atoms with Gasteiger partial charge in [-0.2, -0.15) is 0 Å². The van der Waals surface area contributed by atoms with Gasteiger partial charge in [-0.3, -0.25) is 0 Å². The van der Waals surface area contributed by atoms with E-state index < -0.39 is 0 Å². The zero-order chi connectivity index (χ0) is 5.98. The minimum atomic E-state index is -0.234. The number of rotatable bonds is 3. The number of hydrogen-bond acceptors (Lipinski definition) is 2. The maximum atomic E-state index is 8.94. The highest BCUT2D eigenvalue weighted by molar-refractivity contribution is 4.76. The quantitative estimate of drug-likeness (QED) is 0.548. The summed E-state index contributed by atoms with van der Waals surface area (Å²) in [7, 11) is 0. The Morgan fingerprint density at radius 1 is 1.62 bits per heavy atom. The minimum absolute atomic E-state index is 0.234. The van der Waals surface area contributed by atoms with E-state index in [2.05, 4.69) is 0 Å². The van der Waals surface area contributed by atoms with Crippen molar-refractivity contribution in [2.75, 3.05) is 6.54 Å². The van der Waals surface area contributed by atoms with Gasteiger partial charge in [-0.25, -0.2) is 0 Å². The zero-order valence-electron chi connectivity index (χ0n) is 5.01. The number of hydrogen-bond donors (Lipinski definition) is 2. The molecule has 0 unspecified atom stereocenters. The van der Waals surface area contributed by atoms with Crippen LogP contribution in [0.3, 0.4) is 0 Å². The molecule has 0 saturated heterocycles. The van der Waals surface area contributed by atoms with Gasteiger partial charge >= 0.3 is 0 Å². The van der Waals surface area contributed by atoms with Gasteiger partial charge in [0.25, 0.3) is 0 Å². The predicted octanol–water partition coefficient (Wildman–Crippen LogP) is 0.106. The molecule has 2 heteroatoms. The van der Waals surface area contributed by atoms with Gasteiger partial charge in [0, 0.05) is 6.54 Å². The van der Waals surface area contributed by atoms with Gasteiger partial charge in [0.15, 0.2) is 0 Å². The summed E-state index contributed by atoms with van der Waals surface area (Å²) < 4.78 is 0. The van der Waals surface area contributed by atoms with Crippen LogP contribution in [0.5, 0.6) is 0 Å². The van der Waals surface area contributed by atoms with Crippen molar-refractivity contribution in [1.29, 1.82) is 0 Å². The largest absolute Gasteiger partial charge is 0.392 e. The fraction of sp³-hybridized carbons (Fsp3) is 1.00. The summed E-state index contributed by atoms with van der Waals surface area (Å²) >= 11 is 0. The molecule has 0 bridgehead atoms. The molecule has 1 fully saturated rings. The smallest absolute Gasteiger partial charge is 0.0665 e. The maximum Gasteiger partial charge on any atom is 0.0665 e. The van der Waals surface area contributed by atoms with E-state index in [0.29, 0.717) is 6.54 Å². The van der Waals surface area contributed by atoms with E-state index in [1.165, 1.54) is 12.8 Å². The molecular formula is C6H13NO. The second kappa shape index (κ2) is 2.46. The topological polar surface area (TPSA) is 46.2 Å². The summed E-state index contributed by atoms with van der Waals surface area (Å²) in [6.07, 6.45) is 3.30. The molecule has 1 atom stereocenters. The van der Waals surface area contributed by atoms with Crippen molar-refractivity contribution in [2.45, 2.75) is 25.4 Å². The Morgan fingerprint density at radius 3 is 2.62 bits per heavy atom. The lowest BCUT2D eigenvalue weighted by molar-refractivity contribution is 0.166. The summed E-state index contributed by atoms with van der Waals surface area (Å²) in [4.78, 5) is 0. The summed E-state index contributed by atoms with van der Waals surface area (Å²) in [6, 6.07) is 0. The van der Waals surface area contributed by atoms with E-state index in [1.54, 1.807) is 0 Å². The van der Waals surface area contributed by atoms with Gasteiger partial charge < -0.3 is 10.8 Å². The summed E-state index contributed by atoms with van der Waals surface area (Å²) in [5.41, 5.74) is 5.20. The Morgan fingerprint density at radius 2 is 2.25 bits per heavy atom. The fourth-order valence-corrected chi connectivity index (χ4v) is 0.835. The molecule has 3 N–H and O–H groups in total. The molecule has 1 aliphatic carbocycles. The highest BCUT2D eigenvalue weighted by atomic mass is 16.3. The van der Waals surface area contributed by atoms with Crippen molar-refractivity contribution in [2.24, 2.45) is 11.7 Å². The molecule has 0 amide bonds. The lowest BCUT2D eigenvalue weighted by atomic mass is 10.2. The Balaban J connectivity index is 1.98. The van der Waals surface area contributed by atoms with Crippen LogP contribution in [-0.4, -0.2) is 17.8 Å². The molecule has 48 valence electrons. The van der Waals surface area contributed by atoms with E-state index in [0.717, 1.165) is 12.3 Å². The third kappa shape index (κ3) is 1.80. The average molecular weight is 115 g/mol. The van der Waals surface area contributed by atoms with E-state index in [4.69, 9.17) is 10.8 Å². The highest BCUT2D eigenvalue weighted by Gasteiger charge is 2.23. The number of nitrogens with two attached hydrogens (primary N) is 1. The summed E-state index contributed by atoms with van der Waals surface area (Å²) in [5.74, 6) is 0.800. The Kier molecular flexibility index (Phi) is 1.86. The molecule has 1 saturated carbocycles. The first-order chi connectivity index (χ1) is 3.83. The first kappa shape index (κ1) is 6.05. The van der Waals surface area contributed by atoms with Crippen molar-refractivity contribution < 1.29 is 5.11 Å². The standard InChI is InChI=1S/C6H13NO/c7-4-6(8)3-5-1-2-5/h5-6,8H,1-4,7H2/t6-/m1/s1. The van der Waals surface area contributed by atoms with Gasteiger partial charge in [-0.05, 0) is 12.3 Å². The molecule has 2 nitrogen and oxygen atoms in total. The van der Waals surface area contributed by atoms with Crippen LogP contribution in [0, 0.1) is 5.92 Å². The molecule has 0 heterocycles. The van der Waals surface area contributed by atoms with Crippen LogP contribution >= 0.6 is 0 Å². The Bertz CT molecular complexity index is 70.9. The molecule has 0 aromatic carbocycles. The SMILES string of the molecule is NC[C@H](O)CC1CC1. The monoisotopic (exact) mass is 115 g/mol. The maximum absolute atomic E-state index is 8.94. The fourth-order valence-electron chi connectivity index (χ4n) is 0.835. The minimum Gasteiger partial charge on any atom is -0.392 e. The van der Waals surface area contributed by atoms with Crippen molar-refractivity contribution in [3.8, 4) is 0 Å². The van der Waals surface area contributed by atoms with Gasteiger partial charge in [-0.15, -0.1) is 0 Å². The molecular weight excluding hydrogens is 102 g/mol. The highest BCUT2D eigenvalue weighted by Crippen LogP contribution is 2.33. The molecule has 1 rings (SSSR count). The first-order valence-corrected chi connectivity index (χ1v) is 3.21. The van der Waals surface area contributed by atoms with E-state index in [-0.39, 0.29) is 6.10 Å². The molecule has 1 aliphatic rings. The lowest BCUT2D eigenvalue weighted by Crippen LogP contribution is -2.19. The summed E-state index contributed by atoms with van der Waals surface area (Å²) in [6.45, 7) is 0.427. The van der Waals surface area contributed by atoms with Crippen LogP contribution in [0.25, 0.3) is 0 Å². The molecule has 8 heavy (non-hydrogen) atoms.